The topological polar surface area (TPSA) is 32.3 Å². The standard InChI is InChI=1S/C11H16N2O/c1-9-6-4-5-7-10(9)13(3)11(14)8-12-2/h4-7,12H,8H2,1-3H3. The Bertz CT molecular complexity index is 323. The Kier molecular flexibility index (Phi) is 3.65. The van der Waals surface area contributed by atoms with Gasteiger partial charge in [-0.15, -0.1) is 0 Å². The van der Waals surface area contributed by atoms with Crippen LogP contribution in [0.5, 0.6) is 0 Å². The molecular formula is C11H16N2O. The van der Waals surface area contributed by atoms with Gasteiger partial charge in [0.05, 0.1) is 6.54 Å². The van der Waals surface area contributed by atoms with Crippen molar-refractivity contribution in [2.24, 2.45) is 0 Å². The number of carbonyl (C=O) groups is 1. The van der Waals surface area contributed by atoms with E-state index in [2.05, 4.69) is 5.32 Å². The number of nitrogens with one attached hydrogen (secondary N) is 1. The van der Waals surface area contributed by atoms with Gasteiger partial charge < -0.3 is 10.2 Å². The first-order valence-corrected chi connectivity index (χ1v) is 4.63. The highest BCUT2D eigenvalue weighted by Gasteiger charge is 2.10. The number of rotatable bonds is 3. The monoisotopic (exact) mass is 192 g/mol. The number of aryl methyl sites for hydroxylation is 1. The second-order valence-electron chi connectivity index (χ2n) is 3.27. The van der Waals surface area contributed by atoms with E-state index in [4.69, 9.17) is 0 Å². The van der Waals surface area contributed by atoms with E-state index in [0.29, 0.717) is 6.54 Å². The molecule has 3 nitrogen and oxygen atoms in total. The number of hydrogen-bond donors (Lipinski definition) is 1. The lowest BCUT2D eigenvalue weighted by Gasteiger charge is -2.19. The average molecular weight is 192 g/mol. The quantitative estimate of drug-likeness (QED) is 0.780. The molecule has 0 aromatic heterocycles. The second-order valence-corrected chi connectivity index (χ2v) is 3.27. The van der Waals surface area contributed by atoms with Crippen LogP contribution in [-0.4, -0.2) is 26.5 Å². The van der Waals surface area contributed by atoms with E-state index in [1.165, 1.54) is 0 Å². The molecule has 1 rings (SSSR count). The summed E-state index contributed by atoms with van der Waals surface area (Å²) in [6, 6.07) is 7.85. The summed E-state index contributed by atoms with van der Waals surface area (Å²) in [6.07, 6.45) is 0. The third-order valence-corrected chi connectivity index (χ3v) is 2.18. The molecular weight excluding hydrogens is 176 g/mol. The van der Waals surface area contributed by atoms with Crippen molar-refractivity contribution in [1.29, 1.82) is 0 Å². The summed E-state index contributed by atoms with van der Waals surface area (Å²) in [5, 5.41) is 2.85. The van der Waals surface area contributed by atoms with Crippen LogP contribution in [-0.2, 0) is 4.79 Å². The Morgan fingerprint density at radius 1 is 1.43 bits per heavy atom. The van der Waals surface area contributed by atoms with Crippen molar-refractivity contribution in [2.75, 3.05) is 25.5 Å². The van der Waals surface area contributed by atoms with Crippen LogP contribution in [0.15, 0.2) is 24.3 Å². The minimum absolute atomic E-state index is 0.0711. The molecule has 0 saturated heterocycles. The van der Waals surface area contributed by atoms with E-state index in [9.17, 15) is 4.79 Å². The molecule has 0 fully saturated rings. The second kappa shape index (κ2) is 4.77. The lowest BCUT2D eigenvalue weighted by atomic mass is 10.2. The molecule has 0 spiro atoms. The van der Waals surface area contributed by atoms with Crippen LogP contribution in [0.25, 0.3) is 0 Å². The highest BCUT2D eigenvalue weighted by Crippen LogP contribution is 2.17. The zero-order valence-corrected chi connectivity index (χ0v) is 8.87. The maximum absolute atomic E-state index is 11.6. The molecule has 1 amide bonds. The zero-order chi connectivity index (χ0) is 10.6. The molecule has 1 aromatic rings. The molecule has 0 aliphatic rings. The summed E-state index contributed by atoms with van der Waals surface area (Å²) < 4.78 is 0. The highest BCUT2D eigenvalue weighted by atomic mass is 16.2. The van der Waals surface area contributed by atoms with Crippen LogP contribution >= 0.6 is 0 Å². The molecule has 1 aromatic carbocycles. The van der Waals surface area contributed by atoms with Crippen LogP contribution in [0.1, 0.15) is 5.56 Å². The first kappa shape index (κ1) is 10.7. The lowest BCUT2D eigenvalue weighted by molar-refractivity contribution is -0.117. The number of nitrogens with zero attached hydrogens (tertiary/aromatic N) is 1. The number of likely N-dealkylation sites (N-methyl/N-ethyl adjacent to an activating group) is 2. The molecule has 76 valence electrons. The SMILES string of the molecule is CNCC(=O)N(C)c1ccccc1C. The van der Waals surface area contributed by atoms with Crippen LogP contribution in [0, 0.1) is 6.92 Å². The summed E-state index contributed by atoms with van der Waals surface area (Å²) >= 11 is 0. The van der Waals surface area contributed by atoms with Crippen molar-refractivity contribution in [2.45, 2.75) is 6.92 Å². The maximum atomic E-state index is 11.6. The van der Waals surface area contributed by atoms with Gasteiger partial charge in [-0.05, 0) is 25.6 Å². The van der Waals surface area contributed by atoms with Gasteiger partial charge >= 0.3 is 0 Å². The van der Waals surface area contributed by atoms with Crippen molar-refractivity contribution in [3.05, 3.63) is 29.8 Å². The van der Waals surface area contributed by atoms with Gasteiger partial charge in [-0.1, -0.05) is 18.2 Å². The van der Waals surface area contributed by atoms with Crippen LogP contribution in [0.2, 0.25) is 0 Å². The minimum atomic E-state index is 0.0711. The van der Waals surface area contributed by atoms with Gasteiger partial charge in [0.1, 0.15) is 0 Å². The van der Waals surface area contributed by atoms with Crippen LogP contribution in [0.3, 0.4) is 0 Å². The maximum Gasteiger partial charge on any atom is 0.240 e. The van der Waals surface area contributed by atoms with E-state index in [1.807, 2.05) is 31.2 Å². The van der Waals surface area contributed by atoms with Crippen molar-refractivity contribution >= 4 is 11.6 Å². The molecule has 3 heteroatoms. The molecule has 0 heterocycles. The Morgan fingerprint density at radius 2 is 2.07 bits per heavy atom. The van der Waals surface area contributed by atoms with Crippen LogP contribution < -0.4 is 10.2 Å². The molecule has 14 heavy (non-hydrogen) atoms. The van der Waals surface area contributed by atoms with E-state index in [1.54, 1.807) is 19.0 Å². The van der Waals surface area contributed by atoms with Crippen molar-refractivity contribution < 1.29 is 4.79 Å². The Balaban J connectivity index is 2.84. The Labute approximate surface area is 84.7 Å². The molecule has 0 radical (unpaired) electrons. The van der Waals surface area contributed by atoms with Gasteiger partial charge in [0.2, 0.25) is 5.91 Å². The largest absolute Gasteiger partial charge is 0.314 e. The molecule has 0 bridgehead atoms. The molecule has 1 N–H and O–H groups in total. The third kappa shape index (κ3) is 2.33. The van der Waals surface area contributed by atoms with Gasteiger partial charge in [-0.25, -0.2) is 0 Å². The molecule has 0 saturated carbocycles. The van der Waals surface area contributed by atoms with Gasteiger partial charge in [-0.2, -0.15) is 0 Å². The van der Waals surface area contributed by atoms with Gasteiger partial charge in [0.15, 0.2) is 0 Å². The number of anilines is 1. The summed E-state index contributed by atoms with van der Waals surface area (Å²) in [7, 11) is 3.56. The number of amides is 1. The lowest BCUT2D eigenvalue weighted by Crippen LogP contribution is -2.34. The van der Waals surface area contributed by atoms with E-state index in [-0.39, 0.29) is 5.91 Å². The predicted octanol–water partition coefficient (Wildman–Crippen LogP) is 1.18. The molecule has 0 unspecified atom stereocenters. The predicted molar refractivity (Wildman–Crippen MR) is 58.5 cm³/mol. The number of benzene rings is 1. The number of hydrogen-bond acceptors (Lipinski definition) is 2. The first-order chi connectivity index (χ1) is 6.66. The van der Waals surface area contributed by atoms with E-state index >= 15 is 0 Å². The third-order valence-electron chi connectivity index (χ3n) is 2.18. The van der Waals surface area contributed by atoms with Gasteiger partial charge in [0.25, 0.3) is 0 Å². The number of para-hydroxylation sites is 1. The smallest absolute Gasteiger partial charge is 0.240 e. The van der Waals surface area contributed by atoms with Crippen LogP contribution in [0.4, 0.5) is 5.69 Å². The van der Waals surface area contributed by atoms with E-state index in [0.717, 1.165) is 11.3 Å². The van der Waals surface area contributed by atoms with Crippen molar-refractivity contribution in [1.82, 2.24) is 5.32 Å². The molecule has 0 atom stereocenters. The summed E-state index contributed by atoms with van der Waals surface area (Å²) in [6.45, 7) is 2.36. The summed E-state index contributed by atoms with van der Waals surface area (Å²) in [5.74, 6) is 0.0711. The average Bonchev–Trinajstić information content (AvgIpc) is 2.18. The van der Waals surface area contributed by atoms with Gasteiger partial charge in [0, 0.05) is 12.7 Å². The minimum Gasteiger partial charge on any atom is -0.314 e. The Hall–Kier alpha value is -1.35. The fourth-order valence-corrected chi connectivity index (χ4v) is 1.34. The first-order valence-electron chi connectivity index (χ1n) is 4.63. The summed E-state index contributed by atoms with van der Waals surface area (Å²) in [4.78, 5) is 13.2. The number of carbonyl (C=O) groups excluding carboxylic acids is 1. The fourth-order valence-electron chi connectivity index (χ4n) is 1.34. The van der Waals surface area contributed by atoms with Crippen molar-refractivity contribution in [3.8, 4) is 0 Å². The molecule has 0 aliphatic carbocycles. The zero-order valence-electron chi connectivity index (χ0n) is 8.87. The van der Waals surface area contributed by atoms with Gasteiger partial charge in [-0.3, -0.25) is 4.79 Å². The highest BCUT2D eigenvalue weighted by molar-refractivity contribution is 5.94. The van der Waals surface area contributed by atoms with Crippen molar-refractivity contribution in [3.63, 3.8) is 0 Å². The Morgan fingerprint density at radius 3 is 2.64 bits per heavy atom. The normalized spacial score (nSPS) is 9.93. The fraction of sp³-hybridized carbons (Fsp3) is 0.364. The summed E-state index contributed by atoms with van der Waals surface area (Å²) in [5.41, 5.74) is 2.08. The van der Waals surface area contributed by atoms with E-state index < -0.39 is 0 Å². The molecule has 0 aliphatic heterocycles.